The molecule has 0 aliphatic carbocycles. The van der Waals surface area contributed by atoms with E-state index < -0.39 is 0 Å². The molecule has 5 nitrogen and oxygen atoms in total. The molecule has 0 spiro atoms. The molecule has 52 heavy (non-hydrogen) atoms. The fraction of sp³-hybridized carbons (Fsp3) is 0. The van der Waals surface area contributed by atoms with Crippen LogP contribution in [0.2, 0.25) is 0 Å². The first-order chi connectivity index (χ1) is 25.8. The third-order valence-corrected chi connectivity index (χ3v) is 10.2. The van der Waals surface area contributed by atoms with E-state index in [1.807, 2.05) is 72.8 Å². The van der Waals surface area contributed by atoms with E-state index in [2.05, 4.69) is 102 Å². The number of benzene rings is 8. The second kappa shape index (κ2) is 11.2. The van der Waals surface area contributed by atoms with Gasteiger partial charge in [-0.25, -0.2) is 15.0 Å². The van der Waals surface area contributed by atoms with Crippen LogP contribution in [0.15, 0.2) is 174 Å². The molecule has 3 heterocycles. The largest absolute Gasteiger partial charge is 0.455 e. The predicted octanol–water partition coefficient (Wildman–Crippen LogP) is 12.2. The van der Waals surface area contributed by atoms with Gasteiger partial charge in [0.2, 0.25) is 0 Å². The summed E-state index contributed by atoms with van der Waals surface area (Å²) in [4.78, 5) is 14.9. The Morgan fingerprint density at radius 2 is 0.942 bits per heavy atom. The smallest absolute Gasteiger partial charge is 0.164 e. The molecule has 0 aliphatic rings. The normalized spacial score (nSPS) is 11.8. The van der Waals surface area contributed by atoms with E-state index in [9.17, 15) is 0 Å². The lowest BCUT2D eigenvalue weighted by molar-refractivity contribution is 0.672. The Hall–Kier alpha value is -7.11. The summed E-state index contributed by atoms with van der Waals surface area (Å²) in [5.41, 5.74) is 7.89. The number of aromatic nitrogens is 4. The highest BCUT2D eigenvalue weighted by molar-refractivity contribution is 6.20. The molecule has 0 atom stereocenters. The molecule has 0 amide bonds. The highest BCUT2D eigenvalue weighted by atomic mass is 16.3. The summed E-state index contributed by atoms with van der Waals surface area (Å²) in [6.07, 6.45) is 0. The number of hydrogen-bond acceptors (Lipinski definition) is 4. The number of para-hydroxylation sites is 1. The summed E-state index contributed by atoms with van der Waals surface area (Å²) < 4.78 is 9.11. The van der Waals surface area contributed by atoms with Crippen LogP contribution >= 0.6 is 0 Å². The first kappa shape index (κ1) is 28.7. The van der Waals surface area contributed by atoms with E-state index in [0.717, 1.165) is 60.6 Å². The van der Waals surface area contributed by atoms with Crippen LogP contribution in [0.3, 0.4) is 0 Å². The molecule has 0 N–H and O–H groups in total. The van der Waals surface area contributed by atoms with E-state index in [4.69, 9.17) is 19.4 Å². The molecular formula is C47H28N4O. The predicted molar refractivity (Wildman–Crippen MR) is 213 cm³/mol. The molecule has 8 aromatic carbocycles. The van der Waals surface area contributed by atoms with E-state index in [0.29, 0.717) is 17.5 Å². The minimum atomic E-state index is 0.610. The van der Waals surface area contributed by atoms with Gasteiger partial charge in [-0.1, -0.05) is 127 Å². The monoisotopic (exact) mass is 664 g/mol. The fourth-order valence-electron chi connectivity index (χ4n) is 7.76. The maximum atomic E-state index is 6.69. The van der Waals surface area contributed by atoms with Gasteiger partial charge in [0.1, 0.15) is 11.2 Å². The zero-order chi connectivity index (χ0) is 34.2. The zero-order valence-corrected chi connectivity index (χ0v) is 27.9. The molecule has 0 saturated heterocycles. The molecule has 3 aromatic heterocycles. The Labute approximate surface area is 298 Å². The first-order valence-electron chi connectivity index (χ1n) is 17.4. The third kappa shape index (κ3) is 4.39. The number of hydrogen-bond donors (Lipinski definition) is 0. The highest BCUT2D eigenvalue weighted by Gasteiger charge is 2.20. The second-order valence-electron chi connectivity index (χ2n) is 13.2. The van der Waals surface area contributed by atoms with Gasteiger partial charge >= 0.3 is 0 Å². The second-order valence-corrected chi connectivity index (χ2v) is 13.2. The quantitative estimate of drug-likeness (QED) is 0.188. The van der Waals surface area contributed by atoms with Crippen molar-refractivity contribution >= 4 is 65.3 Å². The van der Waals surface area contributed by atoms with Gasteiger partial charge in [0.25, 0.3) is 0 Å². The van der Waals surface area contributed by atoms with Gasteiger partial charge in [-0.2, -0.15) is 0 Å². The van der Waals surface area contributed by atoms with Crippen LogP contribution in [0.5, 0.6) is 0 Å². The SMILES string of the molecule is c1ccc(-c2nc(-c3ccccc3)nc(-c3ccc4oc5c6ccccc6c(-n6c7ccccc7c7cc8ccccc8cc76)cc5c4c3)n2)cc1. The minimum Gasteiger partial charge on any atom is -0.455 e. The van der Waals surface area contributed by atoms with Gasteiger partial charge in [0.05, 0.1) is 16.7 Å². The van der Waals surface area contributed by atoms with E-state index >= 15 is 0 Å². The number of nitrogens with zero attached hydrogens (tertiary/aromatic N) is 4. The summed E-state index contributed by atoms with van der Waals surface area (Å²) >= 11 is 0. The van der Waals surface area contributed by atoms with Gasteiger partial charge in [0, 0.05) is 49.0 Å². The lowest BCUT2D eigenvalue weighted by Crippen LogP contribution is -2.00. The van der Waals surface area contributed by atoms with Crippen molar-refractivity contribution in [1.82, 2.24) is 19.5 Å². The van der Waals surface area contributed by atoms with Crippen LogP contribution in [0.4, 0.5) is 0 Å². The average Bonchev–Trinajstić information content (AvgIpc) is 3.75. The average molecular weight is 665 g/mol. The highest BCUT2D eigenvalue weighted by Crippen LogP contribution is 2.42. The molecule has 11 rings (SSSR count). The summed E-state index contributed by atoms with van der Waals surface area (Å²) in [5, 5.41) is 9.15. The van der Waals surface area contributed by atoms with Gasteiger partial charge in [-0.05, 0) is 53.2 Å². The van der Waals surface area contributed by atoms with Crippen LogP contribution in [-0.4, -0.2) is 19.5 Å². The molecule has 5 heteroatoms. The minimum absolute atomic E-state index is 0.610. The number of furan rings is 1. The molecule has 11 aromatic rings. The van der Waals surface area contributed by atoms with Crippen molar-refractivity contribution in [3.8, 4) is 39.9 Å². The van der Waals surface area contributed by atoms with Gasteiger partial charge in [0.15, 0.2) is 17.5 Å². The Morgan fingerprint density at radius 3 is 1.65 bits per heavy atom. The molecule has 0 radical (unpaired) electrons. The summed E-state index contributed by atoms with van der Waals surface area (Å²) in [7, 11) is 0. The third-order valence-electron chi connectivity index (χ3n) is 10.2. The lowest BCUT2D eigenvalue weighted by Gasteiger charge is -2.13. The maximum absolute atomic E-state index is 6.69. The van der Waals surface area contributed by atoms with Crippen LogP contribution < -0.4 is 0 Å². The number of fused-ring (bicyclic) bond motifs is 9. The van der Waals surface area contributed by atoms with Crippen LogP contribution in [-0.2, 0) is 0 Å². The van der Waals surface area contributed by atoms with Gasteiger partial charge < -0.3 is 8.98 Å². The molecular weight excluding hydrogens is 637 g/mol. The van der Waals surface area contributed by atoms with E-state index in [-0.39, 0.29) is 0 Å². The number of rotatable bonds is 4. The molecule has 0 saturated carbocycles. The fourth-order valence-corrected chi connectivity index (χ4v) is 7.76. The van der Waals surface area contributed by atoms with Crippen LogP contribution in [0.1, 0.15) is 0 Å². The van der Waals surface area contributed by atoms with Crippen molar-refractivity contribution in [1.29, 1.82) is 0 Å². The Balaban J connectivity index is 1.18. The lowest BCUT2D eigenvalue weighted by atomic mass is 10.0. The van der Waals surface area contributed by atoms with Crippen molar-refractivity contribution < 1.29 is 4.42 Å². The Morgan fingerprint density at radius 1 is 0.365 bits per heavy atom. The standard InChI is InChI=1S/C47H28N4O/c1-3-13-29(14-4-1)45-48-46(30-15-5-2-6-16-30)50-47(49-45)33-23-24-43-38(26-33)39-28-42(34-19-9-10-21-36(34)44(39)52-43)51-40-22-12-11-20-35(40)37-25-31-17-7-8-18-32(31)27-41(37)51/h1-28H. The van der Waals surface area contributed by atoms with Crippen molar-refractivity contribution in [2.24, 2.45) is 0 Å². The van der Waals surface area contributed by atoms with Gasteiger partial charge in [-0.15, -0.1) is 0 Å². The topological polar surface area (TPSA) is 56.7 Å². The Kier molecular flexibility index (Phi) is 6.18. The van der Waals surface area contributed by atoms with E-state index in [1.165, 1.54) is 27.1 Å². The van der Waals surface area contributed by atoms with Crippen molar-refractivity contribution in [3.63, 3.8) is 0 Å². The summed E-state index contributed by atoms with van der Waals surface area (Å²) in [5.74, 6) is 1.88. The van der Waals surface area contributed by atoms with Crippen molar-refractivity contribution in [2.75, 3.05) is 0 Å². The zero-order valence-electron chi connectivity index (χ0n) is 27.9. The molecule has 242 valence electrons. The van der Waals surface area contributed by atoms with Crippen LogP contribution in [0.25, 0.3) is 105 Å². The van der Waals surface area contributed by atoms with Crippen molar-refractivity contribution in [3.05, 3.63) is 170 Å². The van der Waals surface area contributed by atoms with E-state index in [1.54, 1.807) is 0 Å². The summed E-state index contributed by atoms with van der Waals surface area (Å²) in [6.45, 7) is 0. The van der Waals surface area contributed by atoms with Crippen molar-refractivity contribution in [2.45, 2.75) is 0 Å². The summed E-state index contributed by atoms with van der Waals surface area (Å²) in [6, 6.07) is 59.2. The molecule has 0 fully saturated rings. The molecule has 0 unspecified atom stereocenters. The first-order valence-corrected chi connectivity index (χ1v) is 17.4. The maximum Gasteiger partial charge on any atom is 0.164 e. The van der Waals surface area contributed by atoms with Crippen LogP contribution in [0, 0.1) is 0 Å². The molecule has 0 aliphatic heterocycles. The Bertz CT molecular complexity index is 3120. The van der Waals surface area contributed by atoms with Gasteiger partial charge in [-0.3, -0.25) is 0 Å². The molecule has 0 bridgehead atoms.